The van der Waals surface area contributed by atoms with E-state index in [0.29, 0.717) is 29.4 Å². The maximum absolute atomic E-state index is 13.0. The molecule has 3 rings (SSSR count). The number of aryl methyl sites for hydroxylation is 2. The number of hydrogen-bond acceptors (Lipinski definition) is 4. The fourth-order valence-electron chi connectivity index (χ4n) is 2.73. The Hall–Kier alpha value is -3.48. The molecule has 0 saturated carbocycles. The van der Waals surface area contributed by atoms with Gasteiger partial charge in [0.15, 0.2) is 11.7 Å². The molecule has 156 valence electrons. The maximum Gasteiger partial charge on any atom is 0.226 e. The molecule has 30 heavy (non-hydrogen) atoms. The minimum atomic E-state index is -0.321. The number of halogens is 1. The van der Waals surface area contributed by atoms with Crippen LogP contribution in [-0.4, -0.2) is 16.8 Å². The SMILES string of the molecule is Cc1ccc(NC(=O)C(C)C)cc1NC(=O)CCc1ncc(-c2ccc(F)cc2)o1. The van der Waals surface area contributed by atoms with Crippen molar-refractivity contribution in [3.63, 3.8) is 0 Å². The Kier molecular flexibility index (Phi) is 6.61. The zero-order chi connectivity index (χ0) is 21.7. The molecule has 6 nitrogen and oxygen atoms in total. The second-order valence-corrected chi connectivity index (χ2v) is 7.35. The summed E-state index contributed by atoms with van der Waals surface area (Å²) < 4.78 is 18.7. The minimum absolute atomic E-state index is 0.0861. The van der Waals surface area contributed by atoms with Crippen molar-refractivity contribution in [2.45, 2.75) is 33.6 Å². The summed E-state index contributed by atoms with van der Waals surface area (Å²) in [6.07, 6.45) is 2.08. The molecule has 1 heterocycles. The zero-order valence-corrected chi connectivity index (χ0v) is 17.2. The highest BCUT2D eigenvalue weighted by atomic mass is 19.1. The van der Waals surface area contributed by atoms with Crippen LogP contribution in [0.5, 0.6) is 0 Å². The number of rotatable bonds is 7. The van der Waals surface area contributed by atoms with E-state index >= 15 is 0 Å². The maximum atomic E-state index is 13.0. The van der Waals surface area contributed by atoms with Gasteiger partial charge < -0.3 is 15.1 Å². The normalized spacial score (nSPS) is 10.8. The Labute approximate surface area is 174 Å². The van der Waals surface area contributed by atoms with Gasteiger partial charge in [0.2, 0.25) is 11.8 Å². The summed E-state index contributed by atoms with van der Waals surface area (Å²) in [5.74, 6) is 0.223. The number of carbonyl (C=O) groups is 2. The number of nitrogens with zero attached hydrogens (tertiary/aromatic N) is 1. The van der Waals surface area contributed by atoms with Crippen molar-refractivity contribution < 1.29 is 18.4 Å². The van der Waals surface area contributed by atoms with Crippen molar-refractivity contribution in [2.24, 2.45) is 5.92 Å². The largest absolute Gasteiger partial charge is 0.441 e. The summed E-state index contributed by atoms with van der Waals surface area (Å²) in [6, 6.07) is 11.3. The summed E-state index contributed by atoms with van der Waals surface area (Å²) >= 11 is 0. The predicted molar refractivity (Wildman–Crippen MR) is 113 cm³/mol. The molecule has 0 aliphatic heterocycles. The minimum Gasteiger partial charge on any atom is -0.441 e. The molecule has 7 heteroatoms. The molecule has 0 atom stereocenters. The molecule has 0 fully saturated rings. The smallest absolute Gasteiger partial charge is 0.226 e. The second-order valence-electron chi connectivity index (χ2n) is 7.35. The summed E-state index contributed by atoms with van der Waals surface area (Å²) in [5.41, 5.74) is 2.88. The number of aromatic nitrogens is 1. The molecule has 0 aliphatic rings. The lowest BCUT2D eigenvalue weighted by Gasteiger charge is -2.12. The third-order valence-electron chi connectivity index (χ3n) is 4.55. The van der Waals surface area contributed by atoms with E-state index in [1.807, 2.05) is 26.8 Å². The van der Waals surface area contributed by atoms with E-state index < -0.39 is 0 Å². The molecule has 0 unspecified atom stereocenters. The third kappa shape index (κ3) is 5.53. The van der Waals surface area contributed by atoms with Gasteiger partial charge in [0, 0.05) is 35.7 Å². The fraction of sp³-hybridized carbons (Fsp3) is 0.261. The molecule has 0 saturated heterocycles. The highest BCUT2D eigenvalue weighted by Gasteiger charge is 2.12. The standard InChI is InChI=1S/C23H24FN3O3/c1-14(2)23(29)26-18-9-4-15(3)19(12-18)27-21(28)10-11-22-25-13-20(30-22)16-5-7-17(24)8-6-16/h4-9,12-14H,10-11H2,1-3H3,(H,26,29)(H,27,28). The van der Waals surface area contributed by atoms with Gasteiger partial charge in [-0.25, -0.2) is 9.37 Å². The monoisotopic (exact) mass is 409 g/mol. The van der Waals surface area contributed by atoms with E-state index in [1.54, 1.807) is 30.5 Å². The molecule has 0 spiro atoms. The van der Waals surface area contributed by atoms with Gasteiger partial charge in [-0.3, -0.25) is 9.59 Å². The van der Waals surface area contributed by atoms with E-state index in [4.69, 9.17) is 4.42 Å². The van der Waals surface area contributed by atoms with Gasteiger partial charge in [-0.2, -0.15) is 0 Å². The van der Waals surface area contributed by atoms with Crippen LogP contribution in [0.3, 0.4) is 0 Å². The van der Waals surface area contributed by atoms with Crippen molar-refractivity contribution in [1.29, 1.82) is 0 Å². The van der Waals surface area contributed by atoms with Crippen molar-refractivity contribution in [3.8, 4) is 11.3 Å². The predicted octanol–water partition coefficient (Wildman–Crippen LogP) is 4.95. The van der Waals surface area contributed by atoms with E-state index in [0.717, 1.165) is 11.1 Å². The Balaban J connectivity index is 1.58. The first-order valence-electron chi connectivity index (χ1n) is 9.74. The molecule has 2 amide bonds. The van der Waals surface area contributed by atoms with Gasteiger partial charge in [-0.15, -0.1) is 0 Å². The average molecular weight is 409 g/mol. The van der Waals surface area contributed by atoms with Crippen LogP contribution in [0, 0.1) is 18.7 Å². The highest BCUT2D eigenvalue weighted by Crippen LogP contribution is 2.23. The van der Waals surface area contributed by atoms with Crippen LogP contribution in [-0.2, 0) is 16.0 Å². The summed E-state index contributed by atoms with van der Waals surface area (Å²) in [7, 11) is 0. The fourth-order valence-corrected chi connectivity index (χ4v) is 2.73. The van der Waals surface area contributed by atoms with Gasteiger partial charge in [0.1, 0.15) is 5.82 Å². The van der Waals surface area contributed by atoms with E-state index in [1.165, 1.54) is 12.1 Å². The number of hydrogen-bond donors (Lipinski definition) is 2. The van der Waals surface area contributed by atoms with E-state index in [2.05, 4.69) is 15.6 Å². The number of nitrogens with one attached hydrogen (secondary N) is 2. The topological polar surface area (TPSA) is 84.2 Å². The highest BCUT2D eigenvalue weighted by molar-refractivity contribution is 5.95. The van der Waals surface area contributed by atoms with Gasteiger partial charge in [0.25, 0.3) is 0 Å². The lowest BCUT2D eigenvalue weighted by atomic mass is 10.1. The first kappa shape index (κ1) is 21.2. The molecule has 3 aromatic rings. The Morgan fingerprint density at radius 2 is 1.83 bits per heavy atom. The van der Waals surface area contributed by atoms with Gasteiger partial charge in [-0.1, -0.05) is 19.9 Å². The van der Waals surface area contributed by atoms with Crippen LogP contribution < -0.4 is 10.6 Å². The summed E-state index contributed by atoms with van der Waals surface area (Å²) in [6.45, 7) is 5.51. The Bertz CT molecular complexity index is 1040. The molecule has 0 radical (unpaired) electrons. The van der Waals surface area contributed by atoms with Crippen molar-refractivity contribution >= 4 is 23.2 Å². The van der Waals surface area contributed by atoms with Crippen LogP contribution >= 0.6 is 0 Å². The zero-order valence-electron chi connectivity index (χ0n) is 17.2. The number of carbonyl (C=O) groups excluding carboxylic acids is 2. The van der Waals surface area contributed by atoms with Gasteiger partial charge in [0.05, 0.1) is 6.20 Å². The number of oxazole rings is 1. The van der Waals surface area contributed by atoms with Crippen LogP contribution in [0.2, 0.25) is 0 Å². The quantitative estimate of drug-likeness (QED) is 0.578. The van der Waals surface area contributed by atoms with E-state index in [-0.39, 0.29) is 30.0 Å². The molecule has 2 aromatic carbocycles. The average Bonchev–Trinajstić information content (AvgIpc) is 3.18. The van der Waals surface area contributed by atoms with Crippen molar-refractivity contribution in [2.75, 3.05) is 10.6 Å². The number of anilines is 2. The number of amides is 2. The molecular weight excluding hydrogens is 385 g/mol. The van der Waals surface area contributed by atoms with Gasteiger partial charge in [-0.05, 0) is 48.9 Å². The van der Waals surface area contributed by atoms with Crippen LogP contribution in [0.1, 0.15) is 31.7 Å². The van der Waals surface area contributed by atoms with Crippen LogP contribution in [0.4, 0.5) is 15.8 Å². The molecule has 2 N–H and O–H groups in total. The van der Waals surface area contributed by atoms with Gasteiger partial charge >= 0.3 is 0 Å². The second kappa shape index (κ2) is 9.35. The van der Waals surface area contributed by atoms with Crippen LogP contribution in [0.25, 0.3) is 11.3 Å². The molecular formula is C23H24FN3O3. The first-order valence-corrected chi connectivity index (χ1v) is 9.74. The Morgan fingerprint density at radius 1 is 1.10 bits per heavy atom. The molecule has 0 aliphatic carbocycles. The molecule has 0 bridgehead atoms. The summed E-state index contributed by atoms with van der Waals surface area (Å²) in [5, 5.41) is 5.69. The summed E-state index contributed by atoms with van der Waals surface area (Å²) in [4.78, 5) is 28.4. The Morgan fingerprint density at radius 3 is 2.53 bits per heavy atom. The van der Waals surface area contributed by atoms with E-state index in [9.17, 15) is 14.0 Å². The van der Waals surface area contributed by atoms with Crippen LogP contribution in [0.15, 0.2) is 53.1 Å². The first-order chi connectivity index (χ1) is 14.3. The third-order valence-corrected chi connectivity index (χ3v) is 4.55. The van der Waals surface area contributed by atoms with Crippen molar-refractivity contribution in [1.82, 2.24) is 4.98 Å². The number of benzene rings is 2. The lowest BCUT2D eigenvalue weighted by molar-refractivity contribution is -0.119. The molecule has 1 aromatic heterocycles. The van der Waals surface area contributed by atoms with Crippen molar-refractivity contribution in [3.05, 3.63) is 65.9 Å². The lowest BCUT2D eigenvalue weighted by Crippen LogP contribution is -2.18.